The van der Waals surface area contributed by atoms with Gasteiger partial charge in [-0.1, -0.05) is 34.1 Å². The van der Waals surface area contributed by atoms with E-state index in [0.717, 1.165) is 36.2 Å². The minimum atomic E-state index is -0.234. The van der Waals surface area contributed by atoms with Crippen molar-refractivity contribution in [3.63, 3.8) is 0 Å². The number of hydrogen-bond acceptors (Lipinski definition) is 3. The zero-order chi connectivity index (χ0) is 12.1. The molecule has 92 valence electrons. The number of amides is 1. The van der Waals surface area contributed by atoms with Gasteiger partial charge in [0.15, 0.2) is 0 Å². The minimum Gasteiger partial charge on any atom is -0.444 e. The Hall–Kier alpha value is -1.07. The molecule has 1 N–H and O–H groups in total. The Labute approximate surface area is 109 Å². The molecular weight excluding hydrogens is 284 g/mol. The van der Waals surface area contributed by atoms with Gasteiger partial charge < -0.3 is 15.0 Å². The number of halogens is 1. The fraction of sp³-hybridized carbons (Fsp3) is 0.417. The van der Waals surface area contributed by atoms with Gasteiger partial charge in [-0.15, -0.1) is 0 Å². The standard InChI is InChI=1S/C12H15BrN2O2/c13-11-4-2-1-3-10(11)9-17-12(16)15-7-5-14-6-8-15/h1-4,14H,5-9H2. The predicted molar refractivity (Wildman–Crippen MR) is 68.8 cm³/mol. The molecule has 0 radical (unpaired) electrons. The van der Waals surface area contributed by atoms with Crippen LogP contribution in [0.3, 0.4) is 0 Å². The molecule has 2 rings (SSSR count). The maximum Gasteiger partial charge on any atom is 0.410 e. The topological polar surface area (TPSA) is 41.6 Å². The summed E-state index contributed by atoms with van der Waals surface area (Å²) < 4.78 is 6.24. The summed E-state index contributed by atoms with van der Waals surface area (Å²) in [5, 5.41) is 3.20. The van der Waals surface area contributed by atoms with Gasteiger partial charge in [-0.25, -0.2) is 4.79 Å². The number of benzene rings is 1. The number of nitrogens with zero attached hydrogens (tertiary/aromatic N) is 1. The van der Waals surface area contributed by atoms with Crippen LogP contribution in [0.5, 0.6) is 0 Å². The summed E-state index contributed by atoms with van der Waals surface area (Å²) in [5.41, 5.74) is 0.982. The molecule has 0 atom stereocenters. The summed E-state index contributed by atoms with van der Waals surface area (Å²) in [6, 6.07) is 7.74. The van der Waals surface area contributed by atoms with Gasteiger partial charge in [0.05, 0.1) is 0 Å². The Kier molecular flexibility index (Phi) is 4.39. The van der Waals surface area contributed by atoms with Gasteiger partial charge in [0.1, 0.15) is 6.61 Å². The molecule has 1 saturated heterocycles. The second-order valence-corrected chi connectivity index (χ2v) is 4.74. The van der Waals surface area contributed by atoms with Crippen molar-refractivity contribution in [1.29, 1.82) is 0 Å². The van der Waals surface area contributed by atoms with E-state index in [1.807, 2.05) is 24.3 Å². The quantitative estimate of drug-likeness (QED) is 0.908. The smallest absolute Gasteiger partial charge is 0.410 e. The van der Waals surface area contributed by atoms with Crippen LogP contribution in [-0.2, 0) is 11.3 Å². The van der Waals surface area contributed by atoms with Crippen molar-refractivity contribution in [2.75, 3.05) is 26.2 Å². The highest BCUT2D eigenvalue weighted by Crippen LogP contribution is 2.17. The fourth-order valence-electron chi connectivity index (χ4n) is 1.69. The third kappa shape index (κ3) is 3.44. The van der Waals surface area contributed by atoms with E-state index in [-0.39, 0.29) is 6.09 Å². The molecule has 1 fully saturated rings. The molecule has 0 unspecified atom stereocenters. The molecule has 4 nitrogen and oxygen atoms in total. The summed E-state index contributed by atoms with van der Waals surface area (Å²) in [6.07, 6.45) is -0.234. The highest BCUT2D eigenvalue weighted by molar-refractivity contribution is 9.10. The third-order valence-electron chi connectivity index (χ3n) is 2.68. The Balaban J connectivity index is 1.85. The first-order chi connectivity index (χ1) is 8.27. The van der Waals surface area contributed by atoms with Crippen molar-refractivity contribution in [2.24, 2.45) is 0 Å². The Morgan fingerprint density at radius 1 is 1.35 bits per heavy atom. The summed E-state index contributed by atoms with van der Waals surface area (Å²) in [7, 11) is 0. The molecule has 0 aromatic heterocycles. The molecule has 1 aromatic rings. The molecule has 1 aromatic carbocycles. The number of rotatable bonds is 2. The zero-order valence-corrected chi connectivity index (χ0v) is 11.1. The van der Waals surface area contributed by atoms with E-state index in [1.165, 1.54) is 0 Å². The molecule has 1 aliphatic heterocycles. The fourth-order valence-corrected chi connectivity index (χ4v) is 2.09. The van der Waals surface area contributed by atoms with Crippen molar-refractivity contribution in [3.8, 4) is 0 Å². The SMILES string of the molecule is O=C(OCc1ccccc1Br)N1CCNCC1. The molecule has 0 saturated carbocycles. The molecule has 5 heteroatoms. The van der Waals surface area contributed by atoms with Crippen LogP contribution in [0.25, 0.3) is 0 Å². The largest absolute Gasteiger partial charge is 0.444 e. The van der Waals surface area contributed by atoms with Crippen molar-refractivity contribution in [3.05, 3.63) is 34.3 Å². The number of carbonyl (C=O) groups is 1. The van der Waals surface area contributed by atoms with Crippen LogP contribution in [0.4, 0.5) is 4.79 Å². The number of piperazine rings is 1. The van der Waals surface area contributed by atoms with E-state index >= 15 is 0 Å². The van der Waals surface area contributed by atoms with E-state index in [2.05, 4.69) is 21.2 Å². The van der Waals surface area contributed by atoms with Gasteiger partial charge in [0.25, 0.3) is 0 Å². The lowest BCUT2D eigenvalue weighted by Gasteiger charge is -2.26. The molecule has 1 aliphatic rings. The third-order valence-corrected chi connectivity index (χ3v) is 3.46. The lowest BCUT2D eigenvalue weighted by Crippen LogP contribution is -2.46. The molecular formula is C12H15BrN2O2. The van der Waals surface area contributed by atoms with Gasteiger partial charge in [-0.2, -0.15) is 0 Å². The van der Waals surface area contributed by atoms with Crippen molar-refractivity contribution in [1.82, 2.24) is 10.2 Å². The van der Waals surface area contributed by atoms with Gasteiger partial charge >= 0.3 is 6.09 Å². The van der Waals surface area contributed by atoms with E-state index in [4.69, 9.17) is 4.74 Å². The second-order valence-electron chi connectivity index (χ2n) is 3.88. The van der Waals surface area contributed by atoms with Crippen molar-refractivity contribution in [2.45, 2.75) is 6.61 Å². The van der Waals surface area contributed by atoms with Gasteiger partial charge in [-0.05, 0) is 6.07 Å². The molecule has 1 amide bonds. The van der Waals surface area contributed by atoms with Crippen molar-refractivity contribution >= 4 is 22.0 Å². The van der Waals surface area contributed by atoms with Gasteiger partial charge in [-0.3, -0.25) is 0 Å². The van der Waals surface area contributed by atoms with E-state index in [1.54, 1.807) is 4.90 Å². The Morgan fingerprint density at radius 3 is 2.76 bits per heavy atom. The Bertz CT molecular complexity index is 392. The summed E-state index contributed by atoms with van der Waals surface area (Å²) in [5.74, 6) is 0. The van der Waals surface area contributed by atoms with Crippen LogP contribution in [0.1, 0.15) is 5.56 Å². The number of carbonyl (C=O) groups excluding carboxylic acids is 1. The second kappa shape index (κ2) is 6.02. The lowest BCUT2D eigenvalue weighted by atomic mass is 10.2. The van der Waals surface area contributed by atoms with Crippen molar-refractivity contribution < 1.29 is 9.53 Å². The first-order valence-corrected chi connectivity index (χ1v) is 6.42. The Morgan fingerprint density at radius 2 is 2.06 bits per heavy atom. The van der Waals surface area contributed by atoms with Crippen LogP contribution in [-0.4, -0.2) is 37.2 Å². The summed E-state index contributed by atoms with van der Waals surface area (Å²) in [6.45, 7) is 3.42. The molecule has 17 heavy (non-hydrogen) atoms. The summed E-state index contributed by atoms with van der Waals surface area (Å²) >= 11 is 3.43. The molecule has 1 heterocycles. The average Bonchev–Trinajstić information content (AvgIpc) is 2.38. The molecule has 0 aliphatic carbocycles. The molecule has 0 spiro atoms. The highest BCUT2D eigenvalue weighted by Gasteiger charge is 2.17. The van der Waals surface area contributed by atoms with Crippen LogP contribution >= 0.6 is 15.9 Å². The maximum atomic E-state index is 11.7. The normalized spacial score (nSPS) is 15.7. The van der Waals surface area contributed by atoms with E-state index in [0.29, 0.717) is 6.61 Å². The first-order valence-electron chi connectivity index (χ1n) is 5.63. The lowest BCUT2D eigenvalue weighted by molar-refractivity contribution is 0.0917. The number of nitrogens with one attached hydrogen (secondary N) is 1. The van der Waals surface area contributed by atoms with Crippen LogP contribution in [0, 0.1) is 0 Å². The molecule has 0 bridgehead atoms. The maximum absolute atomic E-state index is 11.7. The highest BCUT2D eigenvalue weighted by atomic mass is 79.9. The predicted octanol–water partition coefficient (Wildman–Crippen LogP) is 1.99. The number of ether oxygens (including phenoxy) is 1. The van der Waals surface area contributed by atoms with Crippen LogP contribution < -0.4 is 5.32 Å². The monoisotopic (exact) mass is 298 g/mol. The van der Waals surface area contributed by atoms with Crippen LogP contribution in [0.15, 0.2) is 28.7 Å². The van der Waals surface area contributed by atoms with Crippen LogP contribution in [0.2, 0.25) is 0 Å². The van der Waals surface area contributed by atoms with E-state index < -0.39 is 0 Å². The number of hydrogen-bond donors (Lipinski definition) is 1. The summed E-state index contributed by atoms with van der Waals surface area (Å²) in [4.78, 5) is 13.5. The zero-order valence-electron chi connectivity index (χ0n) is 9.49. The minimum absolute atomic E-state index is 0.234. The van der Waals surface area contributed by atoms with Gasteiger partial charge in [0, 0.05) is 36.2 Å². The first kappa shape index (κ1) is 12.4. The van der Waals surface area contributed by atoms with E-state index in [9.17, 15) is 4.79 Å². The van der Waals surface area contributed by atoms with Gasteiger partial charge in [0.2, 0.25) is 0 Å². The average molecular weight is 299 g/mol.